The van der Waals surface area contributed by atoms with Gasteiger partial charge in [0, 0.05) is 10.5 Å². The van der Waals surface area contributed by atoms with Gasteiger partial charge in [0.2, 0.25) is 0 Å². The highest BCUT2D eigenvalue weighted by Gasteiger charge is 2.09. The second-order valence-electron chi connectivity index (χ2n) is 5.50. The van der Waals surface area contributed by atoms with Crippen molar-refractivity contribution in [2.75, 3.05) is 0 Å². The van der Waals surface area contributed by atoms with Gasteiger partial charge in [-0.3, -0.25) is 0 Å². The second-order valence-corrected chi connectivity index (χ2v) is 6.36. The van der Waals surface area contributed by atoms with Crippen LogP contribution < -0.4 is 5.73 Å². The Labute approximate surface area is 133 Å². The molecule has 0 aromatic heterocycles. The zero-order valence-corrected chi connectivity index (χ0v) is 13.6. The number of benzene rings is 3. The Morgan fingerprint density at radius 1 is 0.952 bits per heavy atom. The number of hydrogen-bond donors (Lipinski definition) is 1. The molecule has 0 aliphatic rings. The molecule has 3 rings (SSSR count). The van der Waals surface area contributed by atoms with Gasteiger partial charge in [0.1, 0.15) is 0 Å². The summed E-state index contributed by atoms with van der Waals surface area (Å²) >= 11 is 3.53. The maximum absolute atomic E-state index is 6.37. The Bertz CT molecular complexity index is 779. The van der Waals surface area contributed by atoms with E-state index in [1.807, 2.05) is 0 Å². The van der Waals surface area contributed by atoms with E-state index < -0.39 is 0 Å². The highest BCUT2D eigenvalue weighted by Crippen LogP contribution is 2.24. The predicted octanol–water partition coefficient (Wildman–Crippen LogP) is 5.15. The molecule has 2 N–H and O–H groups in total. The summed E-state index contributed by atoms with van der Waals surface area (Å²) in [5.74, 6) is 0. The molecule has 0 radical (unpaired) electrons. The van der Waals surface area contributed by atoms with Crippen LogP contribution in [-0.4, -0.2) is 0 Å². The third-order valence-corrected chi connectivity index (χ3v) is 4.77. The molecule has 0 bridgehead atoms. The molecule has 0 aliphatic heterocycles. The van der Waals surface area contributed by atoms with Gasteiger partial charge in [-0.2, -0.15) is 0 Å². The van der Waals surface area contributed by atoms with Crippen LogP contribution >= 0.6 is 15.9 Å². The summed E-state index contributed by atoms with van der Waals surface area (Å²) in [6.07, 6.45) is 0.853. The lowest BCUT2D eigenvalue weighted by Crippen LogP contribution is -2.13. The van der Waals surface area contributed by atoms with Crippen molar-refractivity contribution in [2.45, 2.75) is 19.4 Å². The number of fused-ring (bicyclic) bond motifs is 1. The Balaban J connectivity index is 1.85. The number of aryl methyl sites for hydroxylation is 1. The van der Waals surface area contributed by atoms with Crippen LogP contribution in [0.4, 0.5) is 0 Å². The lowest BCUT2D eigenvalue weighted by molar-refractivity contribution is 0.721. The van der Waals surface area contributed by atoms with E-state index in [0.717, 1.165) is 10.9 Å². The van der Waals surface area contributed by atoms with Crippen LogP contribution in [0, 0.1) is 6.92 Å². The Hall–Kier alpha value is -1.64. The van der Waals surface area contributed by atoms with E-state index in [-0.39, 0.29) is 6.04 Å². The zero-order valence-electron chi connectivity index (χ0n) is 12.0. The van der Waals surface area contributed by atoms with Crippen LogP contribution in [0.2, 0.25) is 0 Å². The third kappa shape index (κ3) is 3.17. The number of hydrogen-bond acceptors (Lipinski definition) is 1. The van der Waals surface area contributed by atoms with E-state index in [1.54, 1.807) is 0 Å². The SMILES string of the molecule is Cc1cc(C(N)Cc2ccc3ccccc3c2)ccc1Br. The molecule has 0 fully saturated rings. The predicted molar refractivity (Wildman–Crippen MR) is 93.5 cm³/mol. The Morgan fingerprint density at radius 2 is 1.71 bits per heavy atom. The third-order valence-electron chi connectivity index (χ3n) is 3.88. The van der Waals surface area contributed by atoms with E-state index in [4.69, 9.17) is 5.73 Å². The Kier molecular flexibility index (Phi) is 4.09. The summed E-state index contributed by atoms with van der Waals surface area (Å²) < 4.78 is 1.13. The molecule has 0 aliphatic carbocycles. The van der Waals surface area contributed by atoms with E-state index in [0.29, 0.717) is 0 Å². The van der Waals surface area contributed by atoms with E-state index in [1.165, 1.54) is 27.5 Å². The molecule has 3 aromatic carbocycles. The van der Waals surface area contributed by atoms with Crippen molar-refractivity contribution in [2.24, 2.45) is 5.73 Å². The maximum atomic E-state index is 6.37. The van der Waals surface area contributed by atoms with Crippen molar-refractivity contribution in [3.8, 4) is 0 Å². The molecule has 1 nitrogen and oxygen atoms in total. The van der Waals surface area contributed by atoms with E-state index >= 15 is 0 Å². The average Bonchev–Trinajstić information content (AvgIpc) is 2.50. The minimum absolute atomic E-state index is 0.0259. The molecule has 1 atom stereocenters. The zero-order chi connectivity index (χ0) is 14.8. The van der Waals surface area contributed by atoms with Gasteiger partial charge in [0.25, 0.3) is 0 Å². The average molecular weight is 340 g/mol. The summed E-state index contributed by atoms with van der Waals surface area (Å²) in [6.45, 7) is 2.09. The molecule has 0 saturated heterocycles. The minimum Gasteiger partial charge on any atom is -0.324 e. The van der Waals surface area contributed by atoms with Crippen molar-refractivity contribution in [1.82, 2.24) is 0 Å². The molecule has 0 spiro atoms. The molecular formula is C19H18BrN. The fourth-order valence-electron chi connectivity index (χ4n) is 2.64. The molecular weight excluding hydrogens is 322 g/mol. The second kappa shape index (κ2) is 6.00. The van der Waals surface area contributed by atoms with Crippen LogP contribution in [0.15, 0.2) is 65.1 Å². The highest BCUT2D eigenvalue weighted by molar-refractivity contribution is 9.10. The van der Waals surface area contributed by atoms with Gasteiger partial charge in [-0.25, -0.2) is 0 Å². The van der Waals surface area contributed by atoms with E-state index in [9.17, 15) is 0 Å². The summed E-state index contributed by atoms with van der Waals surface area (Å²) in [5.41, 5.74) is 10.1. The molecule has 106 valence electrons. The lowest BCUT2D eigenvalue weighted by Gasteiger charge is -2.14. The summed E-state index contributed by atoms with van der Waals surface area (Å²) in [7, 11) is 0. The Morgan fingerprint density at radius 3 is 2.48 bits per heavy atom. The van der Waals surface area contributed by atoms with Gasteiger partial charge in [-0.1, -0.05) is 70.5 Å². The molecule has 3 aromatic rings. The van der Waals surface area contributed by atoms with Gasteiger partial charge in [-0.15, -0.1) is 0 Å². The standard InChI is InChI=1S/C19H18BrN/c1-13-10-17(8-9-18(13)20)19(21)12-14-6-7-15-4-2-3-5-16(15)11-14/h2-11,19H,12,21H2,1H3. The van der Waals surface area contributed by atoms with Crippen molar-refractivity contribution in [3.63, 3.8) is 0 Å². The quantitative estimate of drug-likeness (QED) is 0.701. The highest BCUT2D eigenvalue weighted by atomic mass is 79.9. The fourth-order valence-corrected chi connectivity index (χ4v) is 2.88. The molecule has 21 heavy (non-hydrogen) atoms. The molecule has 1 unspecified atom stereocenters. The van der Waals surface area contributed by atoms with Gasteiger partial charge in [0.15, 0.2) is 0 Å². The number of nitrogens with two attached hydrogens (primary N) is 1. The van der Waals surface area contributed by atoms with Crippen LogP contribution in [-0.2, 0) is 6.42 Å². The number of rotatable bonds is 3. The minimum atomic E-state index is 0.0259. The number of halogens is 1. The van der Waals surface area contributed by atoms with Crippen molar-refractivity contribution >= 4 is 26.7 Å². The first-order valence-electron chi connectivity index (χ1n) is 7.13. The summed E-state index contributed by atoms with van der Waals surface area (Å²) in [4.78, 5) is 0. The van der Waals surface area contributed by atoms with Crippen molar-refractivity contribution < 1.29 is 0 Å². The normalized spacial score (nSPS) is 12.5. The monoisotopic (exact) mass is 339 g/mol. The van der Waals surface area contributed by atoms with Crippen LogP contribution in [0.1, 0.15) is 22.7 Å². The van der Waals surface area contributed by atoms with Gasteiger partial charge in [0.05, 0.1) is 0 Å². The molecule has 0 heterocycles. The van der Waals surface area contributed by atoms with Crippen LogP contribution in [0.3, 0.4) is 0 Å². The van der Waals surface area contributed by atoms with Crippen LogP contribution in [0.5, 0.6) is 0 Å². The van der Waals surface area contributed by atoms with Gasteiger partial charge in [-0.05, 0) is 46.9 Å². The summed E-state index contributed by atoms with van der Waals surface area (Å²) in [6, 6.07) is 21.4. The molecule has 2 heteroatoms. The van der Waals surface area contributed by atoms with Crippen molar-refractivity contribution in [3.05, 3.63) is 81.8 Å². The summed E-state index contributed by atoms with van der Waals surface area (Å²) in [5, 5.41) is 2.54. The first-order chi connectivity index (χ1) is 10.1. The van der Waals surface area contributed by atoms with Gasteiger partial charge >= 0.3 is 0 Å². The van der Waals surface area contributed by atoms with Crippen molar-refractivity contribution in [1.29, 1.82) is 0 Å². The van der Waals surface area contributed by atoms with Crippen LogP contribution in [0.25, 0.3) is 10.8 Å². The molecule has 0 amide bonds. The lowest BCUT2D eigenvalue weighted by atomic mass is 9.97. The first kappa shape index (κ1) is 14.3. The molecule has 0 saturated carbocycles. The fraction of sp³-hybridized carbons (Fsp3) is 0.158. The maximum Gasteiger partial charge on any atom is 0.0335 e. The first-order valence-corrected chi connectivity index (χ1v) is 7.92. The van der Waals surface area contributed by atoms with Gasteiger partial charge < -0.3 is 5.73 Å². The largest absolute Gasteiger partial charge is 0.324 e. The topological polar surface area (TPSA) is 26.0 Å². The smallest absolute Gasteiger partial charge is 0.0335 e. The van der Waals surface area contributed by atoms with E-state index in [2.05, 4.69) is 83.5 Å².